The van der Waals surface area contributed by atoms with Crippen molar-refractivity contribution in [1.29, 1.82) is 0 Å². The van der Waals surface area contributed by atoms with Crippen molar-refractivity contribution in [1.82, 2.24) is 24.6 Å². The van der Waals surface area contributed by atoms with Crippen molar-refractivity contribution in [2.45, 2.75) is 12.8 Å². The summed E-state index contributed by atoms with van der Waals surface area (Å²) in [5.41, 5.74) is 11.1. The van der Waals surface area contributed by atoms with Gasteiger partial charge in [0, 0.05) is 49.8 Å². The molecule has 1 fully saturated rings. The number of nitrogens with zero attached hydrogens (tertiary/aromatic N) is 6. The molecule has 39 heavy (non-hydrogen) atoms. The second kappa shape index (κ2) is 9.99. The van der Waals surface area contributed by atoms with Gasteiger partial charge in [-0.2, -0.15) is 0 Å². The maximum absolute atomic E-state index is 14.9. The number of carbonyl (C=O) groups excluding carboxylic acids is 1. The third-order valence-corrected chi connectivity index (χ3v) is 7.32. The number of hydrogen-bond donors (Lipinski definition) is 2. The number of methoxy groups -OCH3 is 1. The van der Waals surface area contributed by atoms with Crippen LogP contribution in [-0.4, -0.2) is 70.9 Å². The monoisotopic (exact) mass is 528 g/mol. The minimum absolute atomic E-state index is 0.0217. The molecule has 3 heterocycles. The third-order valence-electron chi connectivity index (χ3n) is 7.32. The number of anilines is 3. The van der Waals surface area contributed by atoms with Crippen LogP contribution in [0.3, 0.4) is 0 Å². The maximum Gasteiger partial charge on any atom is 0.261 e. The summed E-state index contributed by atoms with van der Waals surface area (Å²) in [6.45, 7) is 3.24. The number of nitrogens with two attached hydrogens (primary N) is 1. The molecule has 0 radical (unpaired) electrons. The average molecular weight is 529 g/mol. The van der Waals surface area contributed by atoms with Gasteiger partial charge in [0.2, 0.25) is 0 Å². The van der Waals surface area contributed by atoms with E-state index in [2.05, 4.69) is 27.3 Å². The summed E-state index contributed by atoms with van der Waals surface area (Å²) in [5.74, 6) is 0.234. The molecule has 2 aromatic carbocycles. The summed E-state index contributed by atoms with van der Waals surface area (Å²) >= 11 is 0. The lowest BCUT2D eigenvalue weighted by atomic mass is 9.90. The molecular weight excluding hydrogens is 499 g/mol. The zero-order chi connectivity index (χ0) is 27.1. The van der Waals surface area contributed by atoms with E-state index in [0.717, 1.165) is 67.2 Å². The van der Waals surface area contributed by atoms with Gasteiger partial charge in [-0.15, -0.1) is 5.10 Å². The quantitative estimate of drug-likeness (QED) is 0.406. The van der Waals surface area contributed by atoms with Crippen LogP contribution in [0.25, 0.3) is 17.2 Å². The lowest BCUT2D eigenvalue weighted by Gasteiger charge is -2.34. The van der Waals surface area contributed by atoms with Gasteiger partial charge in [0.05, 0.1) is 18.5 Å². The van der Waals surface area contributed by atoms with Crippen LogP contribution < -0.4 is 20.7 Å². The summed E-state index contributed by atoms with van der Waals surface area (Å²) in [4.78, 5) is 26.5. The molecule has 6 rings (SSSR count). The Morgan fingerprint density at radius 3 is 2.64 bits per heavy atom. The van der Waals surface area contributed by atoms with Gasteiger partial charge in [0.1, 0.15) is 17.1 Å². The second-order valence-corrected chi connectivity index (χ2v) is 9.85. The number of ether oxygens (including phenoxy) is 1. The van der Waals surface area contributed by atoms with Gasteiger partial charge in [0.15, 0.2) is 5.82 Å². The summed E-state index contributed by atoms with van der Waals surface area (Å²) in [7, 11) is 3.70. The van der Waals surface area contributed by atoms with Gasteiger partial charge in [-0.25, -0.2) is 19.0 Å². The number of nitrogen functional groups attached to an aromatic ring is 1. The highest BCUT2D eigenvalue weighted by molar-refractivity contribution is 6.07. The van der Waals surface area contributed by atoms with Crippen LogP contribution in [0.1, 0.15) is 21.5 Å². The first-order chi connectivity index (χ1) is 18.9. The van der Waals surface area contributed by atoms with Crippen LogP contribution in [0.15, 0.2) is 48.8 Å². The number of amides is 1. The van der Waals surface area contributed by atoms with Gasteiger partial charge >= 0.3 is 0 Å². The number of fused-ring (bicyclic) bond motifs is 3. The van der Waals surface area contributed by atoms with E-state index in [0.29, 0.717) is 17.3 Å². The largest absolute Gasteiger partial charge is 0.497 e. The number of piperazine rings is 1. The van der Waals surface area contributed by atoms with E-state index in [1.54, 1.807) is 25.4 Å². The number of halogens is 1. The van der Waals surface area contributed by atoms with Crippen molar-refractivity contribution >= 4 is 23.1 Å². The summed E-state index contributed by atoms with van der Waals surface area (Å²) in [5, 5.41) is 7.00. The Labute approximate surface area is 225 Å². The fourth-order valence-electron chi connectivity index (χ4n) is 5.08. The first kappa shape index (κ1) is 24.8. The molecule has 4 aromatic rings. The van der Waals surface area contributed by atoms with Gasteiger partial charge in [-0.1, -0.05) is 0 Å². The average Bonchev–Trinajstić information content (AvgIpc) is 3.34. The third kappa shape index (κ3) is 4.76. The number of carbonyl (C=O) groups is 1. The molecule has 2 aliphatic rings. The Balaban J connectivity index is 1.22. The fraction of sp³-hybridized carbons (Fsp3) is 0.286. The van der Waals surface area contributed by atoms with Crippen LogP contribution in [0, 0.1) is 5.82 Å². The lowest BCUT2D eigenvalue weighted by molar-refractivity contribution is 0.102. The minimum atomic E-state index is -0.499. The van der Waals surface area contributed by atoms with Crippen molar-refractivity contribution in [3.63, 3.8) is 0 Å². The molecule has 200 valence electrons. The smallest absolute Gasteiger partial charge is 0.261 e. The van der Waals surface area contributed by atoms with E-state index in [4.69, 9.17) is 15.5 Å². The number of benzene rings is 2. The Hall–Kier alpha value is -4.51. The highest BCUT2D eigenvalue weighted by Gasteiger charge is 2.22. The molecule has 1 aliphatic carbocycles. The van der Waals surface area contributed by atoms with Crippen LogP contribution in [0.2, 0.25) is 0 Å². The van der Waals surface area contributed by atoms with Crippen molar-refractivity contribution < 1.29 is 13.9 Å². The number of hydrogen-bond acceptors (Lipinski definition) is 8. The molecule has 11 heteroatoms. The van der Waals surface area contributed by atoms with E-state index in [9.17, 15) is 9.18 Å². The molecule has 0 atom stereocenters. The maximum atomic E-state index is 14.9. The van der Waals surface area contributed by atoms with E-state index < -0.39 is 5.91 Å². The van der Waals surface area contributed by atoms with Crippen molar-refractivity contribution in [2.75, 3.05) is 56.3 Å². The van der Waals surface area contributed by atoms with E-state index in [-0.39, 0.29) is 17.2 Å². The number of nitrogens with one attached hydrogen (secondary N) is 1. The fourth-order valence-corrected chi connectivity index (χ4v) is 5.08. The first-order valence-electron chi connectivity index (χ1n) is 12.8. The second-order valence-electron chi connectivity index (χ2n) is 9.85. The highest BCUT2D eigenvalue weighted by atomic mass is 19.1. The van der Waals surface area contributed by atoms with E-state index >= 15 is 0 Å². The molecule has 1 aliphatic heterocycles. The Morgan fingerprint density at radius 1 is 1.08 bits per heavy atom. The van der Waals surface area contributed by atoms with Crippen LogP contribution in [0.4, 0.5) is 21.6 Å². The van der Waals surface area contributed by atoms with Gasteiger partial charge in [-0.3, -0.25) is 4.79 Å². The van der Waals surface area contributed by atoms with Gasteiger partial charge in [-0.05, 0) is 67.4 Å². The summed E-state index contributed by atoms with van der Waals surface area (Å²) in [6.07, 6.45) is 4.96. The Morgan fingerprint density at radius 2 is 1.87 bits per heavy atom. The Kier molecular flexibility index (Phi) is 6.35. The zero-order valence-electron chi connectivity index (χ0n) is 21.8. The van der Waals surface area contributed by atoms with Crippen LogP contribution >= 0.6 is 0 Å². The van der Waals surface area contributed by atoms with E-state index in [1.165, 1.54) is 16.9 Å². The molecule has 2 aromatic heterocycles. The number of rotatable bonds is 5. The molecule has 0 bridgehead atoms. The van der Waals surface area contributed by atoms with Crippen molar-refractivity contribution in [3.8, 4) is 23.0 Å². The van der Waals surface area contributed by atoms with E-state index in [1.807, 2.05) is 23.1 Å². The number of aromatic nitrogens is 4. The zero-order valence-corrected chi connectivity index (χ0v) is 21.8. The molecule has 10 nitrogen and oxygen atoms in total. The Bertz CT molecular complexity index is 1560. The molecule has 1 amide bonds. The van der Waals surface area contributed by atoms with Crippen molar-refractivity contribution in [3.05, 3.63) is 71.3 Å². The van der Waals surface area contributed by atoms with Crippen LogP contribution in [0.5, 0.6) is 5.75 Å². The molecule has 1 saturated heterocycles. The number of likely N-dealkylation sites (N-methyl/N-ethyl adjacent to an activating group) is 1. The molecule has 0 unspecified atom stereocenters. The standard InChI is InChI=1S/C28H29FN8O2/c1-35-9-11-36(12-10-35)24-8-5-19(14-23(24)29)32-27(38)22-16-37(34-26(22)30)28-31-15-18-4-3-17-13-20(39-2)6-7-21(17)25(18)33-28/h5-8,13-16H,3-4,9-12H2,1-2H3,(H2,30,34)(H,32,38). The minimum Gasteiger partial charge on any atom is -0.497 e. The van der Waals surface area contributed by atoms with Gasteiger partial charge in [0.25, 0.3) is 11.9 Å². The summed E-state index contributed by atoms with van der Waals surface area (Å²) in [6, 6.07) is 10.6. The predicted octanol–water partition coefficient (Wildman–Crippen LogP) is 3.16. The first-order valence-corrected chi connectivity index (χ1v) is 12.8. The predicted molar refractivity (Wildman–Crippen MR) is 147 cm³/mol. The van der Waals surface area contributed by atoms with Crippen LogP contribution in [-0.2, 0) is 12.8 Å². The molecular formula is C28H29FN8O2. The normalized spacial score (nSPS) is 15.0. The molecule has 0 saturated carbocycles. The SMILES string of the molecule is COc1ccc2c(c1)CCc1cnc(-n3cc(C(=O)Nc4ccc(N5CCN(C)CC5)c(F)c4)c(N)n3)nc1-2. The number of aryl methyl sites for hydroxylation is 2. The lowest BCUT2D eigenvalue weighted by Crippen LogP contribution is -2.44. The van der Waals surface area contributed by atoms with Gasteiger partial charge < -0.3 is 25.6 Å². The summed E-state index contributed by atoms with van der Waals surface area (Å²) < 4.78 is 21.7. The topological polar surface area (TPSA) is 114 Å². The van der Waals surface area contributed by atoms with Crippen molar-refractivity contribution in [2.24, 2.45) is 0 Å². The highest BCUT2D eigenvalue weighted by Crippen LogP contribution is 2.34. The molecule has 3 N–H and O–H groups in total. The molecule has 0 spiro atoms.